The average molecular weight is 502 g/mol. The monoisotopic (exact) mass is 502 g/mol. The predicted octanol–water partition coefficient (Wildman–Crippen LogP) is 5.41. The van der Waals surface area contributed by atoms with Crippen LogP contribution in [-0.2, 0) is 11.3 Å². The van der Waals surface area contributed by atoms with Gasteiger partial charge < -0.3 is 5.32 Å². The summed E-state index contributed by atoms with van der Waals surface area (Å²) in [7, 11) is 0. The maximum Gasteiger partial charge on any atom is 0.226 e. The Bertz CT molecular complexity index is 1130. The molecule has 0 bridgehead atoms. The highest BCUT2D eigenvalue weighted by Gasteiger charge is 2.08. The largest absolute Gasteiger partial charge is 0.326 e. The number of halogens is 1. The second kappa shape index (κ2) is 8.00. The van der Waals surface area contributed by atoms with Gasteiger partial charge >= 0.3 is 0 Å². The summed E-state index contributed by atoms with van der Waals surface area (Å²) < 4.78 is 4.11. The zero-order chi connectivity index (χ0) is 19.7. The van der Waals surface area contributed by atoms with E-state index in [-0.39, 0.29) is 5.91 Å². The van der Waals surface area contributed by atoms with Gasteiger partial charge in [0.25, 0.3) is 0 Å². The van der Waals surface area contributed by atoms with Crippen molar-refractivity contribution in [2.45, 2.75) is 26.8 Å². The van der Waals surface area contributed by atoms with Gasteiger partial charge in [0.2, 0.25) is 5.91 Å². The van der Waals surface area contributed by atoms with Crippen LogP contribution in [0.3, 0.4) is 0 Å². The fraction of sp³-hybridized carbons (Fsp3) is 0.190. The number of anilines is 1. The molecule has 0 aliphatic rings. The lowest BCUT2D eigenvalue weighted by Gasteiger charge is -2.06. The molecule has 0 saturated heterocycles. The number of thiazole rings is 1. The number of amides is 1. The van der Waals surface area contributed by atoms with Crippen molar-refractivity contribution in [1.29, 1.82) is 0 Å². The van der Waals surface area contributed by atoms with Gasteiger partial charge in [-0.1, -0.05) is 6.07 Å². The Morgan fingerprint density at radius 2 is 1.96 bits per heavy atom. The molecule has 0 atom stereocenters. The Hall–Kier alpha value is -2.26. The van der Waals surface area contributed by atoms with Crippen molar-refractivity contribution in [3.8, 4) is 10.6 Å². The van der Waals surface area contributed by atoms with Crippen LogP contribution in [0.1, 0.15) is 17.7 Å². The predicted molar refractivity (Wildman–Crippen MR) is 123 cm³/mol. The maximum absolute atomic E-state index is 12.2. The van der Waals surface area contributed by atoms with Crippen molar-refractivity contribution in [2.75, 3.05) is 5.32 Å². The van der Waals surface area contributed by atoms with E-state index in [1.54, 1.807) is 11.3 Å². The molecule has 0 radical (unpaired) electrons. The number of fused-ring (bicyclic) bond motifs is 1. The third-order valence-corrected chi connectivity index (χ3v) is 6.54. The number of carbonyl (C=O) groups excluding carboxylic acids is 1. The lowest BCUT2D eigenvalue weighted by Crippen LogP contribution is -2.14. The smallest absolute Gasteiger partial charge is 0.226 e. The van der Waals surface area contributed by atoms with Crippen LogP contribution in [0.25, 0.3) is 20.8 Å². The van der Waals surface area contributed by atoms with E-state index in [2.05, 4.69) is 58.1 Å². The number of nitrogens with one attached hydrogen (secondary N) is 1. The molecule has 0 fully saturated rings. The second-order valence-corrected chi connectivity index (χ2v) is 8.88. The van der Waals surface area contributed by atoms with Crippen molar-refractivity contribution in [3.63, 3.8) is 0 Å². The summed E-state index contributed by atoms with van der Waals surface area (Å²) in [4.78, 5) is 16.9. The highest BCUT2D eigenvalue weighted by Crippen LogP contribution is 2.31. The molecular weight excluding hydrogens is 483 g/mol. The van der Waals surface area contributed by atoms with E-state index in [4.69, 9.17) is 4.98 Å². The topological polar surface area (TPSA) is 59.8 Å². The highest BCUT2D eigenvalue weighted by molar-refractivity contribution is 14.1. The van der Waals surface area contributed by atoms with Gasteiger partial charge in [-0.25, -0.2) is 4.98 Å². The molecule has 4 aromatic rings. The Morgan fingerprint density at radius 1 is 1.18 bits per heavy atom. The lowest BCUT2D eigenvalue weighted by molar-refractivity contribution is -0.116. The number of rotatable bonds is 5. The maximum atomic E-state index is 12.2. The minimum absolute atomic E-state index is 0.0219. The summed E-state index contributed by atoms with van der Waals surface area (Å²) in [6, 6.07) is 14.1. The zero-order valence-corrected chi connectivity index (χ0v) is 18.5. The summed E-state index contributed by atoms with van der Waals surface area (Å²) >= 11 is 3.93. The van der Waals surface area contributed by atoms with Crippen LogP contribution in [0, 0.1) is 17.4 Å². The number of nitrogens with zero attached hydrogens (tertiary/aromatic N) is 3. The molecule has 1 amide bonds. The Morgan fingerprint density at radius 3 is 2.68 bits per heavy atom. The molecule has 0 unspecified atom stereocenters. The fourth-order valence-electron chi connectivity index (χ4n) is 2.90. The minimum Gasteiger partial charge on any atom is -0.326 e. The highest BCUT2D eigenvalue weighted by atomic mass is 127. The molecule has 28 heavy (non-hydrogen) atoms. The van der Waals surface area contributed by atoms with E-state index >= 15 is 0 Å². The number of aromatic nitrogens is 3. The molecule has 5 nitrogen and oxygen atoms in total. The summed E-state index contributed by atoms with van der Waals surface area (Å²) in [5, 5.41) is 8.32. The van der Waals surface area contributed by atoms with Crippen molar-refractivity contribution in [2.24, 2.45) is 0 Å². The van der Waals surface area contributed by atoms with E-state index in [1.807, 2.05) is 42.1 Å². The summed E-state index contributed by atoms with van der Waals surface area (Å²) in [5.74, 6) is -0.0219. The van der Waals surface area contributed by atoms with Gasteiger partial charge in [-0.15, -0.1) is 11.3 Å². The fourth-order valence-corrected chi connectivity index (χ4v) is 4.40. The first-order valence-corrected chi connectivity index (χ1v) is 10.8. The van der Waals surface area contributed by atoms with Gasteiger partial charge in [-0.3, -0.25) is 9.48 Å². The molecular formula is C21H19IN4OS. The average Bonchev–Trinajstić information content (AvgIpc) is 3.23. The molecule has 2 aromatic heterocycles. The van der Waals surface area contributed by atoms with Gasteiger partial charge in [0.15, 0.2) is 0 Å². The van der Waals surface area contributed by atoms with Gasteiger partial charge in [0, 0.05) is 30.4 Å². The molecule has 2 aromatic carbocycles. The summed E-state index contributed by atoms with van der Waals surface area (Å²) in [6.45, 7) is 4.62. The number of benzene rings is 2. The minimum atomic E-state index is -0.0219. The third kappa shape index (κ3) is 4.25. The van der Waals surface area contributed by atoms with Crippen LogP contribution >= 0.6 is 33.9 Å². The Labute approximate surface area is 180 Å². The van der Waals surface area contributed by atoms with E-state index in [9.17, 15) is 4.79 Å². The van der Waals surface area contributed by atoms with Crippen LogP contribution in [-0.4, -0.2) is 20.7 Å². The SMILES string of the molecule is Cc1ccc2nc(-c3ccc(NC(=O)CCn4cc(I)c(C)n4)cc3)sc2c1. The molecule has 0 aliphatic heterocycles. The normalized spacial score (nSPS) is 11.1. The van der Waals surface area contributed by atoms with E-state index in [0.717, 1.165) is 31.0 Å². The molecule has 0 saturated carbocycles. The van der Waals surface area contributed by atoms with Crippen LogP contribution in [0.4, 0.5) is 5.69 Å². The molecule has 4 rings (SSSR count). The third-order valence-electron chi connectivity index (χ3n) is 4.41. The first-order chi connectivity index (χ1) is 13.5. The standard InChI is InChI=1S/C21H19IN4OS/c1-13-3-8-18-19(11-13)28-21(24-18)15-4-6-16(7-5-15)23-20(27)9-10-26-12-17(22)14(2)25-26/h3-8,11-12H,9-10H2,1-2H3,(H,23,27). The van der Waals surface area contributed by atoms with Crippen LogP contribution < -0.4 is 5.32 Å². The zero-order valence-electron chi connectivity index (χ0n) is 15.6. The summed E-state index contributed by atoms with van der Waals surface area (Å²) in [5.41, 5.74) is 5.09. The second-order valence-electron chi connectivity index (χ2n) is 6.69. The molecule has 1 N–H and O–H groups in total. The molecule has 142 valence electrons. The van der Waals surface area contributed by atoms with E-state index in [1.165, 1.54) is 10.3 Å². The lowest BCUT2D eigenvalue weighted by atomic mass is 10.2. The van der Waals surface area contributed by atoms with E-state index < -0.39 is 0 Å². The Kier molecular flexibility index (Phi) is 5.45. The van der Waals surface area contributed by atoms with Crippen LogP contribution in [0.5, 0.6) is 0 Å². The van der Waals surface area contributed by atoms with Crippen molar-refractivity contribution in [3.05, 3.63) is 63.5 Å². The first kappa shape index (κ1) is 19.1. The quantitative estimate of drug-likeness (QED) is 0.372. The van der Waals surface area contributed by atoms with Crippen LogP contribution in [0.15, 0.2) is 48.7 Å². The first-order valence-electron chi connectivity index (χ1n) is 8.95. The number of aryl methyl sites for hydroxylation is 3. The molecule has 0 spiro atoms. The Balaban J connectivity index is 1.40. The molecule has 2 heterocycles. The van der Waals surface area contributed by atoms with Crippen molar-refractivity contribution < 1.29 is 4.79 Å². The van der Waals surface area contributed by atoms with Gasteiger partial charge in [0.1, 0.15) is 5.01 Å². The van der Waals surface area contributed by atoms with Crippen molar-refractivity contribution in [1.82, 2.24) is 14.8 Å². The van der Waals surface area contributed by atoms with Gasteiger partial charge in [-0.05, 0) is 78.4 Å². The summed E-state index contributed by atoms with van der Waals surface area (Å²) in [6.07, 6.45) is 2.34. The number of hydrogen-bond donors (Lipinski definition) is 1. The van der Waals surface area contributed by atoms with Crippen LogP contribution in [0.2, 0.25) is 0 Å². The van der Waals surface area contributed by atoms with Gasteiger partial charge in [-0.2, -0.15) is 5.10 Å². The van der Waals surface area contributed by atoms with Gasteiger partial charge in [0.05, 0.1) is 19.5 Å². The number of carbonyl (C=O) groups is 1. The molecule has 0 aliphatic carbocycles. The van der Waals surface area contributed by atoms with E-state index in [0.29, 0.717) is 13.0 Å². The molecule has 7 heteroatoms. The number of hydrogen-bond acceptors (Lipinski definition) is 4. The van der Waals surface area contributed by atoms with Crippen molar-refractivity contribution >= 4 is 55.7 Å².